The monoisotopic (exact) mass is 317 g/mol. The zero-order valence-electron chi connectivity index (χ0n) is 15.4. The number of rotatable bonds is 3. The molecule has 2 aliphatic heterocycles. The minimum Gasteiger partial charge on any atom is -0.357 e. The van der Waals surface area contributed by atoms with Crippen LogP contribution in [0.2, 0.25) is 0 Å². The fourth-order valence-corrected chi connectivity index (χ4v) is 3.50. The van der Waals surface area contributed by atoms with E-state index < -0.39 is 0 Å². The molecule has 1 aromatic heterocycles. The van der Waals surface area contributed by atoms with Crippen LogP contribution in [0.5, 0.6) is 0 Å². The number of hydrogen-bond acceptors (Lipinski definition) is 3. The van der Waals surface area contributed by atoms with Gasteiger partial charge in [-0.3, -0.25) is 0 Å². The molecule has 0 radical (unpaired) electrons. The molecule has 0 atom stereocenters. The van der Waals surface area contributed by atoms with Crippen molar-refractivity contribution in [2.75, 3.05) is 37.6 Å². The second kappa shape index (κ2) is 9.92. The van der Waals surface area contributed by atoms with Gasteiger partial charge in [0.25, 0.3) is 0 Å². The van der Waals surface area contributed by atoms with E-state index in [-0.39, 0.29) is 0 Å². The summed E-state index contributed by atoms with van der Waals surface area (Å²) < 4.78 is 0. The van der Waals surface area contributed by atoms with Gasteiger partial charge in [-0.2, -0.15) is 0 Å². The van der Waals surface area contributed by atoms with Gasteiger partial charge in [0.1, 0.15) is 5.82 Å². The van der Waals surface area contributed by atoms with Gasteiger partial charge in [0.05, 0.1) is 0 Å². The van der Waals surface area contributed by atoms with Crippen molar-refractivity contribution in [1.82, 2.24) is 9.88 Å². The van der Waals surface area contributed by atoms with Gasteiger partial charge in [-0.15, -0.1) is 0 Å². The maximum Gasteiger partial charge on any atom is 0.128 e. The van der Waals surface area contributed by atoms with Crippen LogP contribution < -0.4 is 4.90 Å². The molecular weight excluding hydrogens is 282 g/mol. The van der Waals surface area contributed by atoms with E-state index in [9.17, 15) is 0 Å². The van der Waals surface area contributed by atoms with Crippen LogP contribution in [0.3, 0.4) is 0 Å². The highest BCUT2D eigenvalue weighted by molar-refractivity contribution is 5.37. The van der Waals surface area contributed by atoms with Gasteiger partial charge in [0.2, 0.25) is 0 Å². The molecule has 1 aromatic rings. The van der Waals surface area contributed by atoms with Crippen LogP contribution in [-0.2, 0) is 0 Å². The quantitative estimate of drug-likeness (QED) is 0.821. The molecule has 23 heavy (non-hydrogen) atoms. The fraction of sp³-hybridized carbons (Fsp3) is 0.750. The van der Waals surface area contributed by atoms with Crippen LogP contribution in [0.15, 0.2) is 24.4 Å². The van der Waals surface area contributed by atoms with Crippen molar-refractivity contribution in [3.8, 4) is 0 Å². The maximum absolute atomic E-state index is 4.47. The summed E-state index contributed by atoms with van der Waals surface area (Å²) in [5.74, 6) is 2.98. The number of hydrogen-bond donors (Lipinski definition) is 0. The lowest BCUT2D eigenvalue weighted by Gasteiger charge is -2.37. The van der Waals surface area contributed by atoms with E-state index in [0.29, 0.717) is 0 Å². The number of piperidine rings is 2. The van der Waals surface area contributed by atoms with E-state index in [0.717, 1.165) is 17.7 Å². The number of anilines is 1. The zero-order chi connectivity index (χ0) is 16.5. The number of pyridine rings is 1. The van der Waals surface area contributed by atoms with E-state index in [2.05, 4.69) is 47.7 Å². The predicted octanol–water partition coefficient (Wildman–Crippen LogP) is 4.45. The molecule has 0 saturated carbocycles. The summed E-state index contributed by atoms with van der Waals surface area (Å²) in [6.07, 6.45) is 8.58. The first-order chi connectivity index (χ1) is 11.2. The average molecular weight is 318 g/mol. The summed E-state index contributed by atoms with van der Waals surface area (Å²) in [6, 6.07) is 6.21. The highest BCUT2D eigenvalue weighted by Gasteiger charge is 2.23. The summed E-state index contributed by atoms with van der Waals surface area (Å²) in [4.78, 5) is 9.60. The van der Waals surface area contributed by atoms with E-state index >= 15 is 0 Å². The minimum absolute atomic E-state index is 0.892. The first-order valence-electron chi connectivity index (χ1n) is 9.61. The van der Waals surface area contributed by atoms with Crippen molar-refractivity contribution < 1.29 is 0 Å². The molecular formula is C20H35N3. The predicted molar refractivity (Wildman–Crippen MR) is 100.0 cm³/mol. The molecule has 3 heteroatoms. The molecule has 0 unspecified atom stereocenters. The molecule has 3 rings (SSSR count). The van der Waals surface area contributed by atoms with Crippen LogP contribution in [0, 0.1) is 11.8 Å². The molecule has 2 saturated heterocycles. The molecule has 2 fully saturated rings. The highest BCUT2D eigenvalue weighted by Crippen LogP contribution is 2.24. The molecule has 2 aliphatic rings. The van der Waals surface area contributed by atoms with Crippen molar-refractivity contribution in [2.45, 2.75) is 52.9 Å². The molecule has 0 N–H and O–H groups in total. The molecule has 0 aromatic carbocycles. The number of aromatic nitrogens is 1. The molecule has 3 heterocycles. The van der Waals surface area contributed by atoms with Gasteiger partial charge in [-0.25, -0.2) is 4.98 Å². The summed E-state index contributed by atoms with van der Waals surface area (Å²) in [6.45, 7) is 13.0. The molecule has 0 bridgehead atoms. The normalized spacial score (nSPS) is 20.9. The van der Waals surface area contributed by atoms with Crippen LogP contribution >= 0.6 is 0 Å². The average Bonchev–Trinajstić information content (AvgIpc) is 2.59. The first kappa shape index (κ1) is 18.3. The third-order valence-electron chi connectivity index (χ3n) is 4.98. The third-order valence-corrected chi connectivity index (χ3v) is 4.98. The van der Waals surface area contributed by atoms with Gasteiger partial charge >= 0.3 is 0 Å². The Hall–Kier alpha value is -1.09. The lowest BCUT2D eigenvalue weighted by Crippen LogP contribution is -2.41. The zero-order valence-corrected chi connectivity index (χ0v) is 15.4. The van der Waals surface area contributed by atoms with Crippen LogP contribution in [0.1, 0.15) is 52.9 Å². The summed E-state index contributed by atoms with van der Waals surface area (Å²) >= 11 is 0. The summed E-state index contributed by atoms with van der Waals surface area (Å²) in [5.41, 5.74) is 0. The van der Waals surface area contributed by atoms with Gasteiger partial charge in [-0.1, -0.05) is 33.3 Å². The Morgan fingerprint density at radius 1 is 1.00 bits per heavy atom. The smallest absolute Gasteiger partial charge is 0.128 e. The van der Waals surface area contributed by atoms with E-state index in [1.807, 2.05) is 12.3 Å². The second-order valence-electron chi connectivity index (χ2n) is 7.31. The largest absolute Gasteiger partial charge is 0.357 e. The van der Waals surface area contributed by atoms with Crippen molar-refractivity contribution in [2.24, 2.45) is 11.8 Å². The van der Waals surface area contributed by atoms with E-state index in [1.165, 1.54) is 64.8 Å². The third kappa shape index (κ3) is 6.14. The van der Waals surface area contributed by atoms with Crippen molar-refractivity contribution in [3.05, 3.63) is 24.4 Å². The van der Waals surface area contributed by atoms with Gasteiger partial charge in [0.15, 0.2) is 0 Å². The molecule has 0 aliphatic carbocycles. The first-order valence-corrected chi connectivity index (χ1v) is 9.61. The van der Waals surface area contributed by atoms with Crippen molar-refractivity contribution in [1.29, 1.82) is 0 Å². The Kier molecular flexibility index (Phi) is 7.87. The van der Waals surface area contributed by atoms with E-state index in [1.54, 1.807) is 0 Å². The minimum atomic E-state index is 0.892. The second-order valence-corrected chi connectivity index (χ2v) is 7.31. The Balaban J connectivity index is 0.000000595. The van der Waals surface area contributed by atoms with Crippen LogP contribution in [-0.4, -0.2) is 42.6 Å². The lowest BCUT2D eigenvalue weighted by atomic mass is 9.93. The number of nitrogens with zero attached hydrogens (tertiary/aromatic N) is 3. The summed E-state index contributed by atoms with van der Waals surface area (Å²) in [5, 5.41) is 0. The molecule has 0 amide bonds. The number of likely N-dealkylation sites (tertiary alicyclic amines) is 1. The van der Waals surface area contributed by atoms with Crippen molar-refractivity contribution >= 4 is 5.82 Å². The van der Waals surface area contributed by atoms with Gasteiger partial charge in [-0.05, 0) is 62.7 Å². The van der Waals surface area contributed by atoms with Gasteiger partial charge in [0, 0.05) is 25.8 Å². The summed E-state index contributed by atoms with van der Waals surface area (Å²) in [7, 11) is 0. The lowest BCUT2D eigenvalue weighted by molar-refractivity contribution is 0.156. The standard InChI is InChI=1S/C17H27N3.C3H8/c1-15-5-10-19(11-6-15)14-16-7-12-20(13-8-16)17-4-2-3-9-18-17;1-3-2/h2-4,9,15-16H,5-8,10-14H2,1H3;3H2,1-2H3. The SMILES string of the molecule is CC1CCN(CC2CCN(c3ccccn3)CC2)CC1.CCC. The van der Waals surface area contributed by atoms with Crippen LogP contribution in [0.4, 0.5) is 5.82 Å². The molecule has 3 nitrogen and oxygen atoms in total. The molecule has 0 spiro atoms. The Bertz CT molecular complexity index is 404. The highest BCUT2D eigenvalue weighted by atomic mass is 15.2. The van der Waals surface area contributed by atoms with Crippen molar-refractivity contribution in [3.63, 3.8) is 0 Å². The Morgan fingerprint density at radius 3 is 2.22 bits per heavy atom. The van der Waals surface area contributed by atoms with E-state index in [4.69, 9.17) is 0 Å². The van der Waals surface area contributed by atoms with Crippen LogP contribution in [0.25, 0.3) is 0 Å². The molecule has 130 valence electrons. The maximum atomic E-state index is 4.47. The Morgan fingerprint density at radius 2 is 1.65 bits per heavy atom. The topological polar surface area (TPSA) is 19.4 Å². The Labute approximate surface area is 143 Å². The van der Waals surface area contributed by atoms with Gasteiger partial charge < -0.3 is 9.80 Å². The fourth-order valence-electron chi connectivity index (χ4n) is 3.50.